The molecule has 2 aliphatic rings. The first-order chi connectivity index (χ1) is 8.79. The standard InChI is InChI=1S/C12H18N2O4S/c1-12(2,18)7-9(15)14-8(11(16)17)6(4-3-5-13)19-10(7)14/h7,10,18H,3-5,13H2,1-2H3,(H,16,17)/t7?,10-/m0/s1. The van der Waals surface area contributed by atoms with Gasteiger partial charge in [0.05, 0.1) is 11.5 Å². The van der Waals surface area contributed by atoms with Gasteiger partial charge >= 0.3 is 5.97 Å². The predicted octanol–water partition coefficient (Wildman–Crippen LogP) is 0.324. The van der Waals surface area contributed by atoms with E-state index in [0.717, 1.165) is 0 Å². The Bertz CT molecular complexity index is 455. The number of aliphatic carboxylic acids is 1. The molecule has 1 amide bonds. The largest absolute Gasteiger partial charge is 0.477 e. The molecule has 0 aliphatic carbocycles. The highest BCUT2D eigenvalue weighted by Gasteiger charge is 2.60. The SMILES string of the molecule is CC(C)(O)C1C(=O)N2C(C(=O)O)=C(CCCN)S[C@@H]12. The van der Waals surface area contributed by atoms with Crippen molar-refractivity contribution in [2.24, 2.45) is 11.7 Å². The fraction of sp³-hybridized carbons (Fsp3) is 0.667. The highest BCUT2D eigenvalue weighted by Crippen LogP contribution is 2.53. The van der Waals surface area contributed by atoms with Crippen molar-refractivity contribution < 1.29 is 19.8 Å². The first-order valence-electron chi connectivity index (χ1n) is 6.17. The Labute approximate surface area is 115 Å². The lowest BCUT2D eigenvalue weighted by atomic mass is 9.82. The quantitative estimate of drug-likeness (QED) is 0.629. The molecule has 2 aliphatic heterocycles. The Kier molecular flexibility index (Phi) is 3.63. The zero-order valence-corrected chi connectivity index (χ0v) is 11.7. The van der Waals surface area contributed by atoms with Crippen LogP contribution in [0.15, 0.2) is 10.6 Å². The third kappa shape index (κ3) is 2.26. The van der Waals surface area contributed by atoms with Crippen LogP contribution < -0.4 is 5.73 Å². The smallest absolute Gasteiger partial charge is 0.353 e. The second kappa shape index (κ2) is 4.81. The molecule has 19 heavy (non-hydrogen) atoms. The summed E-state index contributed by atoms with van der Waals surface area (Å²) < 4.78 is 0. The molecule has 2 heterocycles. The number of nitrogens with zero attached hydrogens (tertiary/aromatic N) is 1. The molecule has 1 fully saturated rings. The number of allylic oxidation sites excluding steroid dienone is 1. The lowest BCUT2D eigenvalue weighted by molar-refractivity contribution is -0.163. The van der Waals surface area contributed by atoms with Crippen LogP contribution in [0.5, 0.6) is 0 Å². The second-order valence-electron chi connectivity index (χ2n) is 5.32. The van der Waals surface area contributed by atoms with E-state index in [1.54, 1.807) is 13.8 Å². The van der Waals surface area contributed by atoms with E-state index in [0.29, 0.717) is 24.3 Å². The van der Waals surface area contributed by atoms with E-state index >= 15 is 0 Å². The maximum atomic E-state index is 12.1. The van der Waals surface area contributed by atoms with Gasteiger partial charge in [0.2, 0.25) is 5.91 Å². The Morgan fingerprint density at radius 1 is 1.53 bits per heavy atom. The molecule has 6 nitrogen and oxygen atoms in total. The van der Waals surface area contributed by atoms with E-state index in [4.69, 9.17) is 5.73 Å². The van der Waals surface area contributed by atoms with Gasteiger partial charge in [-0.3, -0.25) is 9.69 Å². The van der Waals surface area contributed by atoms with Gasteiger partial charge in [-0.25, -0.2) is 4.79 Å². The maximum Gasteiger partial charge on any atom is 0.353 e. The lowest BCUT2D eigenvalue weighted by Gasteiger charge is -2.47. The fourth-order valence-electron chi connectivity index (χ4n) is 2.47. The van der Waals surface area contributed by atoms with Crippen LogP contribution in [-0.4, -0.2) is 44.5 Å². The Morgan fingerprint density at radius 2 is 2.16 bits per heavy atom. The van der Waals surface area contributed by atoms with E-state index in [-0.39, 0.29) is 17.0 Å². The lowest BCUT2D eigenvalue weighted by Crippen LogP contribution is -2.64. The van der Waals surface area contributed by atoms with E-state index in [1.807, 2.05) is 0 Å². The van der Waals surface area contributed by atoms with Gasteiger partial charge in [-0.15, -0.1) is 11.8 Å². The molecule has 0 aromatic heterocycles. The zero-order valence-electron chi connectivity index (χ0n) is 10.9. The van der Waals surface area contributed by atoms with Crippen LogP contribution in [0.3, 0.4) is 0 Å². The summed E-state index contributed by atoms with van der Waals surface area (Å²) in [5, 5.41) is 18.9. The molecule has 2 rings (SSSR count). The van der Waals surface area contributed by atoms with Crippen molar-refractivity contribution >= 4 is 23.6 Å². The third-order valence-corrected chi connectivity index (χ3v) is 4.79. The minimum absolute atomic E-state index is 0.0638. The average Bonchev–Trinajstić information content (AvgIpc) is 2.58. The van der Waals surface area contributed by atoms with Crippen LogP contribution >= 0.6 is 11.8 Å². The second-order valence-corrected chi connectivity index (χ2v) is 6.53. The van der Waals surface area contributed by atoms with E-state index < -0.39 is 17.5 Å². The maximum absolute atomic E-state index is 12.1. The Morgan fingerprint density at radius 3 is 2.63 bits per heavy atom. The Balaban J connectivity index is 2.24. The van der Waals surface area contributed by atoms with Crippen molar-refractivity contribution in [2.45, 2.75) is 37.7 Å². The molecule has 1 saturated heterocycles. The molecule has 106 valence electrons. The highest BCUT2D eigenvalue weighted by atomic mass is 32.2. The molecule has 0 saturated carbocycles. The summed E-state index contributed by atoms with van der Waals surface area (Å²) in [6.07, 6.45) is 1.24. The number of fused-ring (bicyclic) bond motifs is 1. The fourth-order valence-corrected chi connectivity index (χ4v) is 4.22. The monoisotopic (exact) mass is 286 g/mol. The number of thioether (sulfide) groups is 1. The number of β-lactam (4-membered cyclic amide) rings is 1. The summed E-state index contributed by atoms with van der Waals surface area (Å²) in [4.78, 5) is 25.3. The third-order valence-electron chi connectivity index (χ3n) is 3.38. The van der Waals surface area contributed by atoms with Gasteiger partial charge in [0.1, 0.15) is 11.1 Å². The molecule has 0 aromatic carbocycles. The number of hydrogen-bond donors (Lipinski definition) is 3. The van der Waals surface area contributed by atoms with Gasteiger partial charge in [-0.05, 0) is 33.2 Å². The average molecular weight is 286 g/mol. The topological polar surface area (TPSA) is 104 Å². The number of carboxylic acid groups (broad SMARTS) is 1. The predicted molar refractivity (Wildman–Crippen MR) is 71.0 cm³/mol. The first-order valence-corrected chi connectivity index (χ1v) is 7.05. The number of carbonyl (C=O) groups is 2. The molecule has 1 unspecified atom stereocenters. The minimum Gasteiger partial charge on any atom is -0.477 e. The minimum atomic E-state index is -1.14. The molecule has 2 atom stereocenters. The van der Waals surface area contributed by atoms with Crippen molar-refractivity contribution in [3.8, 4) is 0 Å². The zero-order chi connectivity index (χ0) is 14.4. The molecule has 4 N–H and O–H groups in total. The summed E-state index contributed by atoms with van der Waals surface area (Å²) in [5.41, 5.74) is 4.36. The molecule has 7 heteroatoms. The number of amides is 1. The number of hydrogen-bond acceptors (Lipinski definition) is 5. The van der Waals surface area contributed by atoms with Crippen molar-refractivity contribution in [3.05, 3.63) is 10.6 Å². The molecular weight excluding hydrogens is 268 g/mol. The van der Waals surface area contributed by atoms with Crippen LogP contribution in [0.4, 0.5) is 0 Å². The van der Waals surface area contributed by atoms with Crippen molar-refractivity contribution in [1.82, 2.24) is 4.90 Å². The number of aliphatic hydroxyl groups is 1. The molecule has 0 radical (unpaired) electrons. The number of carboxylic acids is 1. The van der Waals surface area contributed by atoms with Crippen molar-refractivity contribution in [1.29, 1.82) is 0 Å². The highest BCUT2D eigenvalue weighted by molar-refractivity contribution is 8.04. The Hall–Kier alpha value is -1.05. The van der Waals surface area contributed by atoms with Crippen LogP contribution in [0.2, 0.25) is 0 Å². The van der Waals surface area contributed by atoms with E-state index in [2.05, 4.69) is 0 Å². The van der Waals surface area contributed by atoms with Gasteiger partial charge in [-0.1, -0.05) is 0 Å². The molecule has 0 spiro atoms. The van der Waals surface area contributed by atoms with Crippen LogP contribution in [0.1, 0.15) is 26.7 Å². The summed E-state index contributed by atoms with van der Waals surface area (Å²) >= 11 is 1.36. The summed E-state index contributed by atoms with van der Waals surface area (Å²) in [7, 11) is 0. The van der Waals surface area contributed by atoms with Gasteiger partial charge in [0.15, 0.2) is 0 Å². The van der Waals surface area contributed by atoms with Crippen molar-refractivity contribution in [3.63, 3.8) is 0 Å². The van der Waals surface area contributed by atoms with E-state index in [1.165, 1.54) is 16.7 Å². The van der Waals surface area contributed by atoms with Gasteiger partial charge in [-0.2, -0.15) is 0 Å². The van der Waals surface area contributed by atoms with Crippen LogP contribution in [0, 0.1) is 5.92 Å². The molecule has 0 bridgehead atoms. The van der Waals surface area contributed by atoms with Crippen LogP contribution in [0.25, 0.3) is 0 Å². The number of carbonyl (C=O) groups excluding carboxylic acids is 1. The van der Waals surface area contributed by atoms with Crippen molar-refractivity contribution in [2.75, 3.05) is 6.54 Å². The van der Waals surface area contributed by atoms with E-state index in [9.17, 15) is 19.8 Å². The van der Waals surface area contributed by atoms with Crippen LogP contribution in [-0.2, 0) is 9.59 Å². The first kappa shape index (κ1) is 14.4. The normalized spacial score (nSPS) is 26.5. The summed E-state index contributed by atoms with van der Waals surface area (Å²) in [5.74, 6) is -1.96. The van der Waals surface area contributed by atoms with Gasteiger partial charge in [0.25, 0.3) is 0 Å². The summed E-state index contributed by atoms with van der Waals surface area (Å²) in [6, 6.07) is 0. The van der Waals surface area contributed by atoms with Gasteiger partial charge in [0, 0.05) is 4.91 Å². The molecule has 0 aromatic rings. The number of nitrogens with two attached hydrogens (primary N) is 1. The van der Waals surface area contributed by atoms with Gasteiger partial charge < -0.3 is 15.9 Å². The molecular formula is C12H18N2O4S. The summed E-state index contributed by atoms with van der Waals surface area (Å²) in [6.45, 7) is 3.63. The number of rotatable bonds is 5.